The smallest absolute Gasteiger partial charge is 0.316 e. The van der Waals surface area contributed by atoms with Gasteiger partial charge in [-0.3, -0.25) is 4.98 Å². The molecule has 1 N–H and O–H groups in total. The summed E-state index contributed by atoms with van der Waals surface area (Å²) in [5, 5.41) is 7.63. The molecule has 0 aliphatic carbocycles. The van der Waals surface area contributed by atoms with E-state index in [1.165, 1.54) is 10.8 Å². The molecule has 6 nitrogen and oxygen atoms in total. The molecule has 2 aromatic rings. The Labute approximate surface area is 98.3 Å². The average Bonchev–Trinajstić information content (AvgIpc) is 2.68. The number of hydrogen-bond donors (Lipinski definition) is 1. The Morgan fingerprint density at radius 1 is 1.53 bits per heavy atom. The van der Waals surface area contributed by atoms with Gasteiger partial charge in [-0.1, -0.05) is 0 Å². The first kappa shape index (κ1) is 10.5. The van der Waals surface area contributed by atoms with E-state index in [2.05, 4.69) is 15.4 Å². The zero-order valence-corrected chi connectivity index (χ0v) is 9.54. The van der Waals surface area contributed by atoms with Crippen LogP contribution in [0.15, 0.2) is 23.4 Å². The van der Waals surface area contributed by atoms with Crippen molar-refractivity contribution in [1.82, 2.24) is 24.5 Å². The predicted molar refractivity (Wildman–Crippen MR) is 62.8 cm³/mol. The van der Waals surface area contributed by atoms with Crippen molar-refractivity contribution in [2.24, 2.45) is 5.92 Å². The Morgan fingerprint density at radius 3 is 3.24 bits per heavy atom. The summed E-state index contributed by atoms with van der Waals surface area (Å²) in [6.07, 6.45) is 7.19. The van der Waals surface area contributed by atoms with Gasteiger partial charge in [0, 0.05) is 12.4 Å². The largest absolute Gasteiger partial charge is 0.350 e. The Balaban J connectivity index is 1.89. The van der Waals surface area contributed by atoms with Crippen LogP contribution in [0.25, 0.3) is 5.65 Å². The van der Waals surface area contributed by atoms with Crippen LogP contribution in [-0.2, 0) is 6.54 Å². The molecule has 1 atom stereocenters. The van der Waals surface area contributed by atoms with Crippen molar-refractivity contribution in [2.45, 2.75) is 19.4 Å². The van der Waals surface area contributed by atoms with Crippen LogP contribution in [-0.4, -0.2) is 32.3 Å². The monoisotopic (exact) mass is 233 g/mol. The van der Waals surface area contributed by atoms with Gasteiger partial charge in [0.15, 0.2) is 5.65 Å². The van der Waals surface area contributed by atoms with Crippen LogP contribution in [0.3, 0.4) is 0 Å². The molecule has 2 aromatic heterocycles. The Hall–Kier alpha value is -1.69. The lowest BCUT2D eigenvalue weighted by atomic mass is 10.00. The minimum Gasteiger partial charge on any atom is -0.316 e. The molecule has 3 heterocycles. The maximum Gasteiger partial charge on any atom is 0.350 e. The summed E-state index contributed by atoms with van der Waals surface area (Å²) in [5.41, 5.74) is 0.536. The summed E-state index contributed by atoms with van der Waals surface area (Å²) in [4.78, 5) is 16.0. The fourth-order valence-electron chi connectivity index (χ4n) is 2.32. The van der Waals surface area contributed by atoms with Crippen LogP contribution in [0.2, 0.25) is 0 Å². The first-order valence-electron chi connectivity index (χ1n) is 5.94. The molecule has 0 saturated carbocycles. The second-order valence-corrected chi connectivity index (χ2v) is 4.48. The van der Waals surface area contributed by atoms with E-state index in [1.54, 1.807) is 23.3 Å². The first-order chi connectivity index (χ1) is 8.34. The van der Waals surface area contributed by atoms with E-state index in [0.717, 1.165) is 19.5 Å². The molecule has 0 spiro atoms. The summed E-state index contributed by atoms with van der Waals surface area (Å²) in [6, 6.07) is 0. The maximum atomic E-state index is 12.0. The zero-order valence-electron chi connectivity index (χ0n) is 9.54. The molecule has 0 aromatic carbocycles. The molecule has 6 heteroatoms. The molecule has 1 unspecified atom stereocenters. The van der Waals surface area contributed by atoms with Gasteiger partial charge in [0.2, 0.25) is 0 Å². The van der Waals surface area contributed by atoms with Gasteiger partial charge >= 0.3 is 5.69 Å². The van der Waals surface area contributed by atoms with Crippen LogP contribution < -0.4 is 11.0 Å². The number of rotatable bonds is 2. The average molecular weight is 233 g/mol. The van der Waals surface area contributed by atoms with Crippen LogP contribution >= 0.6 is 0 Å². The molecule has 0 amide bonds. The van der Waals surface area contributed by atoms with Gasteiger partial charge in [-0.2, -0.15) is 0 Å². The number of nitrogens with one attached hydrogen (secondary N) is 1. The zero-order chi connectivity index (χ0) is 11.7. The molecule has 1 aliphatic rings. The molecule has 17 heavy (non-hydrogen) atoms. The topological polar surface area (TPSA) is 64.2 Å². The summed E-state index contributed by atoms with van der Waals surface area (Å²) >= 11 is 0. The van der Waals surface area contributed by atoms with Crippen molar-refractivity contribution in [1.29, 1.82) is 0 Å². The van der Waals surface area contributed by atoms with Crippen molar-refractivity contribution >= 4 is 5.65 Å². The molecular weight excluding hydrogens is 218 g/mol. The summed E-state index contributed by atoms with van der Waals surface area (Å²) in [6.45, 7) is 2.74. The predicted octanol–water partition coefficient (Wildman–Crippen LogP) is -0.109. The van der Waals surface area contributed by atoms with Gasteiger partial charge in [0.1, 0.15) is 0 Å². The van der Waals surface area contributed by atoms with Gasteiger partial charge in [0.05, 0.1) is 12.7 Å². The highest BCUT2D eigenvalue weighted by molar-refractivity contribution is 5.31. The second-order valence-electron chi connectivity index (χ2n) is 4.48. The van der Waals surface area contributed by atoms with E-state index >= 15 is 0 Å². The van der Waals surface area contributed by atoms with Crippen LogP contribution in [0.5, 0.6) is 0 Å². The number of hydrogen-bond acceptors (Lipinski definition) is 4. The van der Waals surface area contributed by atoms with E-state index in [-0.39, 0.29) is 5.69 Å². The molecule has 1 aliphatic heterocycles. The van der Waals surface area contributed by atoms with Gasteiger partial charge in [-0.25, -0.2) is 13.9 Å². The van der Waals surface area contributed by atoms with Crippen molar-refractivity contribution in [3.63, 3.8) is 0 Å². The van der Waals surface area contributed by atoms with Crippen LogP contribution in [0.1, 0.15) is 12.8 Å². The minimum absolute atomic E-state index is 0.0760. The SMILES string of the molecule is O=c1n(CC2CCCNC2)nc2cnccn12. The molecule has 1 saturated heterocycles. The van der Waals surface area contributed by atoms with Crippen LogP contribution in [0, 0.1) is 5.92 Å². The highest BCUT2D eigenvalue weighted by Crippen LogP contribution is 2.11. The van der Waals surface area contributed by atoms with E-state index in [1.807, 2.05) is 0 Å². The highest BCUT2D eigenvalue weighted by Gasteiger charge is 2.16. The van der Waals surface area contributed by atoms with Crippen molar-refractivity contribution < 1.29 is 0 Å². The maximum absolute atomic E-state index is 12.0. The third kappa shape index (κ3) is 1.95. The lowest BCUT2D eigenvalue weighted by Gasteiger charge is -2.21. The fraction of sp³-hybridized carbons (Fsp3) is 0.545. The van der Waals surface area contributed by atoms with E-state index in [0.29, 0.717) is 18.1 Å². The first-order valence-corrected chi connectivity index (χ1v) is 5.94. The highest BCUT2D eigenvalue weighted by atomic mass is 16.2. The second kappa shape index (κ2) is 4.29. The standard InChI is InChI=1S/C11H15N5O/c17-11-15-5-4-13-7-10(15)14-16(11)8-9-2-1-3-12-6-9/h4-5,7,9,12H,1-3,6,8H2. The summed E-state index contributed by atoms with van der Waals surface area (Å²) < 4.78 is 3.08. The number of aromatic nitrogens is 4. The minimum atomic E-state index is -0.0760. The molecular formula is C11H15N5O. The Morgan fingerprint density at radius 2 is 2.47 bits per heavy atom. The van der Waals surface area contributed by atoms with Gasteiger partial charge in [-0.05, 0) is 31.8 Å². The van der Waals surface area contributed by atoms with E-state index < -0.39 is 0 Å². The van der Waals surface area contributed by atoms with E-state index in [9.17, 15) is 4.79 Å². The number of nitrogens with zero attached hydrogens (tertiary/aromatic N) is 4. The van der Waals surface area contributed by atoms with Gasteiger partial charge in [-0.15, -0.1) is 5.10 Å². The molecule has 90 valence electrons. The molecule has 0 bridgehead atoms. The quantitative estimate of drug-likeness (QED) is 0.786. The van der Waals surface area contributed by atoms with Crippen LogP contribution in [0.4, 0.5) is 0 Å². The Kier molecular flexibility index (Phi) is 2.64. The third-order valence-electron chi connectivity index (χ3n) is 3.22. The number of fused-ring (bicyclic) bond motifs is 1. The summed E-state index contributed by atoms with van der Waals surface area (Å²) in [5.74, 6) is 0.499. The normalized spacial score (nSPS) is 20.8. The third-order valence-corrected chi connectivity index (χ3v) is 3.22. The Bertz CT molecular complexity index is 566. The molecule has 0 radical (unpaired) electrons. The van der Waals surface area contributed by atoms with Crippen molar-refractivity contribution in [3.8, 4) is 0 Å². The molecule has 1 fully saturated rings. The fourth-order valence-corrected chi connectivity index (χ4v) is 2.32. The van der Waals surface area contributed by atoms with Gasteiger partial charge < -0.3 is 5.32 Å². The van der Waals surface area contributed by atoms with E-state index in [4.69, 9.17) is 0 Å². The van der Waals surface area contributed by atoms with Gasteiger partial charge in [0.25, 0.3) is 0 Å². The lowest BCUT2D eigenvalue weighted by Crippen LogP contribution is -2.34. The van der Waals surface area contributed by atoms with Crippen molar-refractivity contribution in [3.05, 3.63) is 29.1 Å². The number of piperidine rings is 1. The van der Waals surface area contributed by atoms with Crippen molar-refractivity contribution in [2.75, 3.05) is 13.1 Å². The summed E-state index contributed by atoms with van der Waals surface area (Å²) in [7, 11) is 0. The molecule has 3 rings (SSSR count). The lowest BCUT2D eigenvalue weighted by molar-refractivity contribution is 0.321.